The molecule has 144 valence electrons. The molecular formula is C21H27N3O2S. The van der Waals surface area contributed by atoms with E-state index in [1.165, 1.54) is 11.1 Å². The largest absolute Gasteiger partial charge is 0.348 e. The summed E-state index contributed by atoms with van der Waals surface area (Å²) in [6.07, 6.45) is 5.89. The third-order valence-corrected chi connectivity index (χ3v) is 6.17. The van der Waals surface area contributed by atoms with E-state index in [0.717, 1.165) is 43.4 Å². The lowest BCUT2D eigenvalue weighted by Crippen LogP contribution is -2.28. The first kappa shape index (κ1) is 19.9. The van der Waals surface area contributed by atoms with E-state index >= 15 is 0 Å². The van der Waals surface area contributed by atoms with Crippen LogP contribution in [-0.4, -0.2) is 19.0 Å². The number of ether oxygens (including phenoxy) is 2. The maximum Gasteiger partial charge on any atom is 0.168 e. The maximum absolute atomic E-state index is 8.96. The number of hydrogen-bond acceptors (Lipinski definition) is 4. The molecule has 1 aliphatic heterocycles. The number of hydrogen-bond donors (Lipinski definition) is 0. The third-order valence-electron chi connectivity index (χ3n) is 5.13. The summed E-state index contributed by atoms with van der Waals surface area (Å²) in [5, 5.41) is 6.19. The van der Waals surface area contributed by atoms with Crippen molar-refractivity contribution >= 4 is 11.3 Å². The van der Waals surface area contributed by atoms with Crippen LogP contribution in [0.15, 0.2) is 46.9 Å². The highest BCUT2D eigenvalue weighted by atomic mass is 32.1. The van der Waals surface area contributed by atoms with Crippen LogP contribution in [0, 0.1) is 0 Å². The van der Waals surface area contributed by atoms with Crippen molar-refractivity contribution in [3.05, 3.63) is 57.1 Å². The van der Waals surface area contributed by atoms with Crippen LogP contribution in [0.5, 0.6) is 0 Å². The fourth-order valence-corrected chi connectivity index (χ4v) is 4.54. The minimum absolute atomic E-state index is 0.0865. The molecule has 0 spiro atoms. The van der Waals surface area contributed by atoms with Gasteiger partial charge in [-0.2, -0.15) is 0 Å². The molecule has 2 aromatic rings. The van der Waals surface area contributed by atoms with E-state index in [1.807, 2.05) is 18.2 Å². The maximum atomic E-state index is 8.96. The average Bonchev–Trinajstić information content (AvgIpc) is 3.38. The average molecular weight is 386 g/mol. The van der Waals surface area contributed by atoms with Gasteiger partial charge in [-0.05, 0) is 47.4 Å². The van der Waals surface area contributed by atoms with Gasteiger partial charge in [0.1, 0.15) is 0 Å². The predicted molar refractivity (Wildman–Crippen MR) is 110 cm³/mol. The van der Waals surface area contributed by atoms with Crippen LogP contribution >= 0.6 is 11.3 Å². The van der Waals surface area contributed by atoms with Crippen LogP contribution in [0.1, 0.15) is 56.4 Å². The Morgan fingerprint density at radius 3 is 2.63 bits per heavy atom. The standard InChI is InChI=1S/C21H27N3O2S/c1-2-21(25-13-14-26-21)12-8-4-7-11-19(23-24-22)20-15-18(16-27-20)17-9-5-3-6-10-17/h3,5-6,9-10,15-16,19H,2,4,7-8,11-14H2,1H3. The molecule has 1 fully saturated rings. The van der Waals surface area contributed by atoms with Crippen LogP contribution in [0.4, 0.5) is 0 Å². The normalized spacial score (nSPS) is 16.8. The zero-order valence-electron chi connectivity index (χ0n) is 15.8. The Bertz CT molecular complexity index is 750. The Morgan fingerprint density at radius 2 is 1.93 bits per heavy atom. The summed E-state index contributed by atoms with van der Waals surface area (Å²) in [6, 6.07) is 12.4. The predicted octanol–water partition coefficient (Wildman–Crippen LogP) is 6.87. The number of thiophene rings is 1. The van der Waals surface area contributed by atoms with E-state index < -0.39 is 0 Å². The van der Waals surface area contributed by atoms with Gasteiger partial charge in [0.2, 0.25) is 0 Å². The highest BCUT2D eigenvalue weighted by Crippen LogP contribution is 2.34. The van der Waals surface area contributed by atoms with Crippen molar-refractivity contribution in [2.24, 2.45) is 5.11 Å². The minimum atomic E-state index is -0.359. The van der Waals surface area contributed by atoms with Crippen molar-refractivity contribution in [1.29, 1.82) is 0 Å². The van der Waals surface area contributed by atoms with Gasteiger partial charge >= 0.3 is 0 Å². The van der Waals surface area contributed by atoms with Crippen molar-refractivity contribution in [3.63, 3.8) is 0 Å². The molecule has 1 aromatic heterocycles. The quantitative estimate of drug-likeness (QED) is 0.194. The molecule has 1 saturated heterocycles. The Kier molecular flexibility index (Phi) is 7.30. The van der Waals surface area contributed by atoms with Gasteiger partial charge in [-0.25, -0.2) is 0 Å². The summed E-state index contributed by atoms with van der Waals surface area (Å²) in [6.45, 7) is 3.52. The van der Waals surface area contributed by atoms with Gasteiger partial charge in [-0.15, -0.1) is 11.3 Å². The topological polar surface area (TPSA) is 67.2 Å². The van der Waals surface area contributed by atoms with Gasteiger partial charge in [-0.3, -0.25) is 0 Å². The number of nitrogens with zero attached hydrogens (tertiary/aromatic N) is 3. The van der Waals surface area contributed by atoms with Gasteiger partial charge in [0.05, 0.1) is 19.3 Å². The second-order valence-electron chi connectivity index (χ2n) is 6.88. The smallest absolute Gasteiger partial charge is 0.168 e. The summed E-state index contributed by atoms with van der Waals surface area (Å²) >= 11 is 1.67. The van der Waals surface area contributed by atoms with Crippen molar-refractivity contribution in [2.75, 3.05) is 13.2 Å². The van der Waals surface area contributed by atoms with E-state index in [9.17, 15) is 0 Å². The van der Waals surface area contributed by atoms with E-state index in [-0.39, 0.29) is 11.8 Å². The first-order valence-electron chi connectivity index (χ1n) is 9.72. The van der Waals surface area contributed by atoms with Crippen LogP contribution < -0.4 is 0 Å². The van der Waals surface area contributed by atoms with E-state index in [1.54, 1.807) is 11.3 Å². The van der Waals surface area contributed by atoms with Crippen LogP contribution in [0.3, 0.4) is 0 Å². The van der Waals surface area contributed by atoms with Crippen molar-refractivity contribution in [1.82, 2.24) is 0 Å². The molecule has 2 heterocycles. The Morgan fingerprint density at radius 1 is 1.15 bits per heavy atom. The lowest BCUT2D eigenvalue weighted by atomic mass is 10.0. The summed E-state index contributed by atoms with van der Waals surface area (Å²) in [5.74, 6) is -0.359. The lowest BCUT2D eigenvalue weighted by molar-refractivity contribution is -0.164. The second-order valence-corrected chi connectivity index (χ2v) is 7.83. The van der Waals surface area contributed by atoms with Crippen LogP contribution in [-0.2, 0) is 9.47 Å². The zero-order chi connectivity index (χ0) is 19.0. The molecule has 1 aromatic carbocycles. The second kappa shape index (κ2) is 9.90. The lowest BCUT2D eigenvalue weighted by Gasteiger charge is -2.25. The summed E-state index contributed by atoms with van der Waals surface area (Å²) in [4.78, 5) is 4.21. The minimum Gasteiger partial charge on any atom is -0.348 e. The summed E-state index contributed by atoms with van der Waals surface area (Å²) in [5.41, 5.74) is 11.3. The number of rotatable bonds is 10. The molecule has 1 aliphatic rings. The van der Waals surface area contributed by atoms with Gasteiger partial charge < -0.3 is 9.47 Å². The molecule has 5 nitrogen and oxygen atoms in total. The molecule has 27 heavy (non-hydrogen) atoms. The van der Waals surface area contributed by atoms with E-state index in [0.29, 0.717) is 13.2 Å². The van der Waals surface area contributed by atoms with Gasteiger partial charge in [0, 0.05) is 16.2 Å². The Labute approximate surface area is 164 Å². The fourth-order valence-electron chi connectivity index (χ4n) is 3.56. The summed E-state index contributed by atoms with van der Waals surface area (Å²) in [7, 11) is 0. The number of unbranched alkanes of at least 4 members (excludes halogenated alkanes) is 2. The number of benzene rings is 1. The molecule has 1 atom stereocenters. The van der Waals surface area contributed by atoms with Crippen molar-refractivity contribution < 1.29 is 9.47 Å². The molecule has 0 radical (unpaired) electrons. The van der Waals surface area contributed by atoms with E-state index in [2.05, 4.69) is 40.5 Å². The van der Waals surface area contributed by atoms with Crippen molar-refractivity contribution in [3.8, 4) is 11.1 Å². The zero-order valence-corrected chi connectivity index (χ0v) is 16.7. The van der Waals surface area contributed by atoms with Gasteiger partial charge in [0.15, 0.2) is 5.79 Å². The Balaban J connectivity index is 1.51. The van der Waals surface area contributed by atoms with Crippen LogP contribution in [0.25, 0.3) is 21.6 Å². The molecular weight excluding hydrogens is 358 g/mol. The fraction of sp³-hybridized carbons (Fsp3) is 0.524. The molecule has 3 rings (SSSR count). The molecule has 0 N–H and O–H groups in total. The SMILES string of the molecule is CCC1(CCCCCC(N=[N+]=[N-])c2cc(-c3ccccc3)cs2)OCCO1. The first-order chi connectivity index (χ1) is 13.3. The monoisotopic (exact) mass is 385 g/mol. The van der Waals surface area contributed by atoms with Gasteiger partial charge in [-0.1, -0.05) is 55.2 Å². The molecule has 0 bridgehead atoms. The molecule has 0 amide bonds. The molecule has 1 unspecified atom stereocenters. The molecule has 0 saturated carbocycles. The third kappa shape index (κ3) is 5.33. The summed E-state index contributed by atoms with van der Waals surface area (Å²) < 4.78 is 11.6. The highest BCUT2D eigenvalue weighted by molar-refractivity contribution is 7.10. The van der Waals surface area contributed by atoms with Crippen LogP contribution in [0.2, 0.25) is 0 Å². The Hall–Kier alpha value is -1.85. The number of azide groups is 1. The van der Waals surface area contributed by atoms with Crippen molar-refractivity contribution in [2.45, 2.75) is 57.3 Å². The molecule has 0 aliphatic carbocycles. The highest BCUT2D eigenvalue weighted by Gasteiger charge is 2.33. The first-order valence-corrected chi connectivity index (χ1v) is 10.6. The van der Waals surface area contributed by atoms with E-state index in [4.69, 9.17) is 15.0 Å². The molecule has 6 heteroatoms. The van der Waals surface area contributed by atoms with Gasteiger partial charge in [0.25, 0.3) is 0 Å².